The maximum absolute atomic E-state index is 10.7. The molecule has 1 saturated heterocycles. The molecule has 1 heterocycles. The Labute approximate surface area is 130 Å². The molecular formula is C12H15ClNO8-. The van der Waals surface area contributed by atoms with Crippen molar-refractivity contribution in [1.82, 2.24) is 0 Å². The molecule has 5 N–H and O–H groups in total. The summed E-state index contributed by atoms with van der Waals surface area (Å²) in [5.74, 6) is 0.0107. The highest BCUT2D eigenvalue weighted by Gasteiger charge is 2.44. The number of aliphatic hydroxyl groups is 4. The summed E-state index contributed by atoms with van der Waals surface area (Å²) < 4.78 is 10.5. The van der Waals surface area contributed by atoms with E-state index in [-0.39, 0.29) is 21.7 Å². The van der Waals surface area contributed by atoms with Gasteiger partial charge in [-0.15, -0.1) is 0 Å². The monoisotopic (exact) mass is 336 g/mol. The maximum atomic E-state index is 10.7. The molecule has 1 fully saturated rings. The SMILES string of the molecule is [O-]N(O)c1ccc(OC2OC(CO)C(O)C(O)C2O)c(Cl)c1. The van der Waals surface area contributed by atoms with Crippen LogP contribution in [0.1, 0.15) is 0 Å². The summed E-state index contributed by atoms with van der Waals surface area (Å²) in [6.07, 6.45) is -7.17. The van der Waals surface area contributed by atoms with E-state index in [9.17, 15) is 20.5 Å². The first-order valence-electron chi connectivity index (χ1n) is 6.28. The van der Waals surface area contributed by atoms with Crippen molar-refractivity contribution in [3.63, 3.8) is 0 Å². The summed E-state index contributed by atoms with van der Waals surface area (Å²) in [7, 11) is 0. The number of hydrogen-bond acceptors (Lipinski definition) is 9. The number of anilines is 1. The Hall–Kier alpha value is -1.17. The standard InChI is InChI=1S/C12H15ClNO8/c13-6-3-5(14(19)20)1-2-7(6)21-12-11(18)10(17)9(16)8(4-15)22-12/h1-3,8-12,15-19H,4H2/q-1. The maximum Gasteiger partial charge on any atom is 0.229 e. The molecule has 0 aromatic heterocycles. The van der Waals surface area contributed by atoms with Gasteiger partial charge in [-0.3, -0.25) is 5.21 Å². The minimum absolute atomic E-state index is 0.0107. The van der Waals surface area contributed by atoms with E-state index in [1.807, 2.05) is 0 Å². The van der Waals surface area contributed by atoms with Crippen molar-refractivity contribution in [2.45, 2.75) is 30.7 Å². The molecule has 124 valence electrons. The number of nitrogens with zero attached hydrogens (tertiary/aromatic N) is 1. The lowest BCUT2D eigenvalue weighted by Crippen LogP contribution is -2.60. The quantitative estimate of drug-likeness (QED) is 0.446. The summed E-state index contributed by atoms with van der Waals surface area (Å²) in [6, 6.07) is 3.58. The van der Waals surface area contributed by atoms with Gasteiger partial charge in [-0.1, -0.05) is 11.6 Å². The fraction of sp³-hybridized carbons (Fsp3) is 0.500. The highest BCUT2D eigenvalue weighted by atomic mass is 35.5. The molecule has 5 atom stereocenters. The molecule has 1 aliphatic rings. The van der Waals surface area contributed by atoms with Crippen LogP contribution in [0.3, 0.4) is 0 Å². The van der Waals surface area contributed by atoms with E-state index in [2.05, 4.69) is 0 Å². The molecule has 0 aliphatic carbocycles. The van der Waals surface area contributed by atoms with Crippen molar-refractivity contribution in [2.75, 3.05) is 11.8 Å². The van der Waals surface area contributed by atoms with Gasteiger partial charge in [-0.05, 0) is 18.2 Å². The van der Waals surface area contributed by atoms with Crippen LogP contribution in [0.4, 0.5) is 5.69 Å². The lowest BCUT2D eigenvalue weighted by atomic mass is 9.99. The van der Waals surface area contributed by atoms with E-state index in [4.69, 9.17) is 31.4 Å². The van der Waals surface area contributed by atoms with E-state index >= 15 is 0 Å². The smallest absolute Gasteiger partial charge is 0.229 e. The van der Waals surface area contributed by atoms with Crippen LogP contribution in [0.15, 0.2) is 18.2 Å². The molecule has 5 unspecified atom stereocenters. The third kappa shape index (κ3) is 3.42. The average Bonchev–Trinajstić information content (AvgIpc) is 2.49. The molecule has 0 spiro atoms. The first-order valence-corrected chi connectivity index (χ1v) is 6.65. The Kier molecular flexibility index (Phi) is 5.42. The van der Waals surface area contributed by atoms with Crippen molar-refractivity contribution in [2.24, 2.45) is 0 Å². The predicted octanol–water partition coefficient (Wildman–Crippen LogP) is -0.788. The zero-order chi connectivity index (χ0) is 16.4. The van der Waals surface area contributed by atoms with Crippen LogP contribution in [-0.2, 0) is 4.74 Å². The summed E-state index contributed by atoms with van der Waals surface area (Å²) in [4.78, 5) is 0. The van der Waals surface area contributed by atoms with Crippen molar-refractivity contribution in [1.29, 1.82) is 0 Å². The average molecular weight is 337 g/mol. The third-order valence-corrected chi connectivity index (χ3v) is 3.52. The third-order valence-electron chi connectivity index (χ3n) is 3.23. The molecule has 0 saturated carbocycles. The number of halogens is 1. The summed E-state index contributed by atoms with van der Waals surface area (Å²) in [5.41, 5.74) is -0.133. The zero-order valence-electron chi connectivity index (χ0n) is 11.1. The van der Waals surface area contributed by atoms with Crippen LogP contribution in [0.25, 0.3) is 0 Å². The Morgan fingerprint density at radius 3 is 2.45 bits per heavy atom. The fourth-order valence-corrected chi connectivity index (χ4v) is 2.21. The second-order valence-corrected chi connectivity index (χ2v) is 5.11. The van der Waals surface area contributed by atoms with Gasteiger partial charge in [0, 0.05) is 0 Å². The Balaban J connectivity index is 2.15. The van der Waals surface area contributed by atoms with Gasteiger partial charge in [0.1, 0.15) is 30.2 Å². The van der Waals surface area contributed by atoms with Crippen LogP contribution >= 0.6 is 11.6 Å². The number of benzene rings is 1. The van der Waals surface area contributed by atoms with Gasteiger partial charge in [-0.25, -0.2) is 0 Å². The molecule has 2 rings (SSSR count). The fourth-order valence-electron chi connectivity index (χ4n) is 1.99. The van der Waals surface area contributed by atoms with Crippen molar-refractivity contribution in [3.05, 3.63) is 28.4 Å². The van der Waals surface area contributed by atoms with E-state index in [1.54, 1.807) is 0 Å². The van der Waals surface area contributed by atoms with E-state index < -0.39 is 37.3 Å². The first kappa shape index (κ1) is 17.2. The van der Waals surface area contributed by atoms with Gasteiger partial charge in [0.25, 0.3) is 0 Å². The molecule has 10 heteroatoms. The second-order valence-electron chi connectivity index (χ2n) is 4.70. The van der Waals surface area contributed by atoms with Crippen LogP contribution in [0, 0.1) is 5.21 Å². The molecule has 1 aliphatic heterocycles. The largest absolute Gasteiger partial charge is 0.733 e. The Bertz CT molecular complexity index is 514. The van der Waals surface area contributed by atoms with Gasteiger partial charge in [0.2, 0.25) is 6.29 Å². The van der Waals surface area contributed by atoms with Crippen LogP contribution in [0.2, 0.25) is 5.02 Å². The normalized spacial score (nSPS) is 31.9. The van der Waals surface area contributed by atoms with Crippen LogP contribution in [-0.4, -0.2) is 62.9 Å². The summed E-state index contributed by atoms with van der Waals surface area (Å²) >= 11 is 5.88. The first-order chi connectivity index (χ1) is 10.3. The Morgan fingerprint density at radius 2 is 1.91 bits per heavy atom. The number of aliphatic hydroxyl groups excluding tert-OH is 4. The van der Waals surface area contributed by atoms with Gasteiger partial charge in [-0.2, -0.15) is 0 Å². The number of ether oxygens (including phenoxy) is 2. The topological polar surface area (TPSA) is 146 Å². The lowest BCUT2D eigenvalue weighted by Gasteiger charge is -2.39. The molecule has 9 nitrogen and oxygen atoms in total. The second kappa shape index (κ2) is 6.94. The Morgan fingerprint density at radius 1 is 1.23 bits per heavy atom. The molecule has 0 radical (unpaired) electrons. The molecule has 1 aromatic rings. The van der Waals surface area contributed by atoms with E-state index in [0.29, 0.717) is 0 Å². The molecular weight excluding hydrogens is 322 g/mol. The van der Waals surface area contributed by atoms with Crippen LogP contribution < -0.4 is 9.96 Å². The highest BCUT2D eigenvalue weighted by Crippen LogP contribution is 2.32. The molecule has 0 bridgehead atoms. The number of hydrogen-bond donors (Lipinski definition) is 5. The lowest BCUT2D eigenvalue weighted by molar-refractivity contribution is -0.277. The van der Waals surface area contributed by atoms with Gasteiger partial charge < -0.3 is 40.3 Å². The van der Waals surface area contributed by atoms with Gasteiger partial charge in [0.05, 0.1) is 17.3 Å². The molecule has 1 aromatic carbocycles. The number of rotatable bonds is 4. The van der Waals surface area contributed by atoms with E-state index in [0.717, 1.165) is 6.07 Å². The predicted molar refractivity (Wildman–Crippen MR) is 73.5 cm³/mol. The van der Waals surface area contributed by atoms with Crippen molar-refractivity contribution < 1.29 is 35.1 Å². The van der Waals surface area contributed by atoms with E-state index in [1.165, 1.54) is 12.1 Å². The van der Waals surface area contributed by atoms with Crippen molar-refractivity contribution >= 4 is 17.3 Å². The summed E-state index contributed by atoms with van der Waals surface area (Å²) in [5, 5.41) is 57.3. The zero-order valence-corrected chi connectivity index (χ0v) is 11.9. The van der Waals surface area contributed by atoms with Gasteiger partial charge in [0.15, 0.2) is 0 Å². The molecule has 22 heavy (non-hydrogen) atoms. The minimum atomic E-state index is -1.58. The highest BCUT2D eigenvalue weighted by molar-refractivity contribution is 6.32. The summed E-state index contributed by atoms with van der Waals surface area (Å²) in [6.45, 7) is -0.590. The van der Waals surface area contributed by atoms with Crippen molar-refractivity contribution in [3.8, 4) is 5.75 Å². The van der Waals surface area contributed by atoms with Gasteiger partial charge >= 0.3 is 0 Å². The molecule has 0 amide bonds. The minimum Gasteiger partial charge on any atom is -0.733 e. The van der Waals surface area contributed by atoms with Crippen LogP contribution in [0.5, 0.6) is 5.75 Å².